The van der Waals surface area contributed by atoms with Gasteiger partial charge in [0.1, 0.15) is 0 Å². The van der Waals surface area contributed by atoms with E-state index in [-0.39, 0.29) is 0 Å². The van der Waals surface area contributed by atoms with E-state index in [1.807, 2.05) is 43.3 Å². The van der Waals surface area contributed by atoms with Crippen molar-refractivity contribution in [2.75, 3.05) is 5.32 Å². The molecular formula is C19H20N4S. The summed E-state index contributed by atoms with van der Waals surface area (Å²) in [7, 11) is 0. The van der Waals surface area contributed by atoms with Crippen molar-refractivity contribution in [1.82, 2.24) is 14.7 Å². The molecule has 0 aliphatic carbocycles. The van der Waals surface area contributed by atoms with Crippen molar-refractivity contribution < 1.29 is 0 Å². The lowest BCUT2D eigenvalue weighted by molar-refractivity contribution is 0.817. The molecule has 0 spiro atoms. The van der Waals surface area contributed by atoms with Crippen LogP contribution in [0.5, 0.6) is 0 Å². The standard InChI is InChI=1S/C19H20N4S/c1-14-8-10-16(11-9-14)13-20-15(2)12-18-22-19(24-23-18)21-17-6-4-3-5-7-17/h3-12,20H,13H2,1-2H3,(H,21,22,23)/b15-12+. The Balaban J connectivity index is 1.58. The first-order chi connectivity index (χ1) is 11.7. The van der Waals surface area contributed by atoms with Gasteiger partial charge in [0, 0.05) is 35.5 Å². The molecule has 0 aliphatic rings. The van der Waals surface area contributed by atoms with Gasteiger partial charge in [-0.3, -0.25) is 0 Å². The van der Waals surface area contributed by atoms with Gasteiger partial charge in [-0.2, -0.15) is 9.36 Å². The third-order valence-electron chi connectivity index (χ3n) is 3.50. The summed E-state index contributed by atoms with van der Waals surface area (Å²) < 4.78 is 4.37. The highest BCUT2D eigenvalue weighted by Crippen LogP contribution is 2.18. The molecule has 2 aromatic carbocycles. The van der Waals surface area contributed by atoms with Crippen molar-refractivity contribution in [2.45, 2.75) is 20.4 Å². The Hall–Kier alpha value is -2.66. The maximum Gasteiger partial charge on any atom is 0.207 e. The van der Waals surface area contributed by atoms with Crippen LogP contribution >= 0.6 is 11.5 Å². The molecule has 0 unspecified atom stereocenters. The lowest BCUT2D eigenvalue weighted by Crippen LogP contribution is -2.10. The number of nitrogens with zero attached hydrogens (tertiary/aromatic N) is 2. The van der Waals surface area contributed by atoms with Crippen molar-refractivity contribution >= 4 is 28.4 Å². The van der Waals surface area contributed by atoms with E-state index in [9.17, 15) is 0 Å². The number of para-hydroxylation sites is 1. The molecular weight excluding hydrogens is 316 g/mol. The van der Waals surface area contributed by atoms with E-state index < -0.39 is 0 Å². The first-order valence-corrected chi connectivity index (χ1v) is 8.60. The van der Waals surface area contributed by atoms with E-state index in [4.69, 9.17) is 0 Å². The van der Waals surface area contributed by atoms with Crippen molar-refractivity contribution in [3.8, 4) is 0 Å². The number of allylic oxidation sites excluding steroid dienone is 1. The maximum atomic E-state index is 4.49. The van der Waals surface area contributed by atoms with E-state index in [1.54, 1.807) is 0 Å². The van der Waals surface area contributed by atoms with Crippen molar-refractivity contribution in [2.24, 2.45) is 0 Å². The van der Waals surface area contributed by atoms with E-state index >= 15 is 0 Å². The number of benzene rings is 2. The van der Waals surface area contributed by atoms with Crippen molar-refractivity contribution in [1.29, 1.82) is 0 Å². The Morgan fingerprint density at radius 1 is 1.08 bits per heavy atom. The van der Waals surface area contributed by atoms with Crippen LogP contribution in [0.25, 0.3) is 6.08 Å². The SMILES string of the molecule is C/C(=C\c1nsc(Nc2ccccc2)n1)NCc1ccc(C)cc1. The van der Waals surface area contributed by atoms with Gasteiger partial charge >= 0.3 is 0 Å². The quantitative estimate of drug-likeness (QED) is 0.682. The molecule has 0 atom stereocenters. The number of anilines is 2. The molecule has 0 amide bonds. The van der Waals surface area contributed by atoms with Crippen LogP contribution in [0.15, 0.2) is 60.3 Å². The average molecular weight is 336 g/mol. The van der Waals surface area contributed by atoms with Crippen molar-refractivity contribution in [3.63, 3.8) is 0 Å². The minimum absolute atomic E-state index is 0.715. The van der Waals surface area contributed by atoms with Crippen LogP contribution in [0.4, 0.5) is 10.8 Å². The van der Waals surface area contributed by atoms with Crippen LogP contribution < -0.4 is 10.6 Å². The van der Waals surface area contributed by atoms with Crippen LogP contribution in [0.3, 0.4) is 0 Å². The molecule has 0 aliphatic heterocycles. The summed E-state index contributed by atoms with van der Waals surface area (Å²) in [4.78, 5) is 4.49. The molecule has 0 radical (unpaired) electrons. The summed E-state index contributed by atoms with van der Waals surface area (Å²) in [6.07, 6.45) is 1.96. The Labute approximate surface area is 146 Å². The molecule has 2 N–H and O–H groups in total. The summed E-state index contributed by atoms with van der Waals surface area (Å²) in [6.45, 7) is 4.92. The third kappa shape index (κ3) is 4.67. The minimum atomic E-state index is 0.715. The zero-order valence-corrected chi connectivity index (χ0v) is 14.6. The molecule has 0 saturated carbocycles. The van der Waals surface area contributed by atoms with Crippen LogP contribution in [0.1, 0.15) is 23.9 Å². The van der Waals surface area contributed by atoms with Crippen LogP contribution in [-0.4, -0.2) is 9.36 Å². The summed E-state index contributed by atoms with van der Waals surface area (Å²) >= 11 is 1.36. The molecule has 4 nitrogen and oxygen atoms in total. The highest BCUT2D eigenvalue weighted by atomic mass is 32.1. The van der Waals surface area contributed by atoms with E-state index in [1.165, 1.54) is 22.7 Å². The van der Waals surface area contributed by atoms with Gasteiger partial charge in [-0.25, -0.2) is 0 Å². The van der Waals surface area contributed by atoms with E-state index in [2.05, 4.69) is 51.2 Å². The first kappa shape index (κ1) is 16.2. The zero-order valence-electron chi connectivity index (χ0n) is 13.8. The smallest absolute Gasteiger partial charge is 0.207 e. The van der Waals surface area contributed by atoms with Crippen molar-refractivity contribution in [3.05, 3.63) is 77.2 Å². The summed E-state index contributed by atoms with van der Waals surface area (Å²) in [5, 5.41) is 7.44. The van der Waals surface area contributed by atoms with Gasteiger partial charge in [0.25, 0.3) is 0 Å². The lowest BCUT2D eigenvalue weighted by Gasteiger charge is -2.06. The van der Waals surface area contributed by atoms with E-state index in [0.29, 0.717) is 5.82 Å². The molecule has 1 heterocycles. The summed E-state index contributed by atoms with van der Waals surface area (Å²) in [5.41, 5.74) is 4.58. The normalized spacial score (nSPS) is 11.3. The van der Waals surface area contributed by atoms with Gasteiger partial charge < -0.3 is 10.6 Å². The number of hydrogen-bond acceptors (Lipinski definition) is 5. The first-order valence-electron chi connectivity index (χ1n) is 7.82. The highest BCUT2D eigenvalue weighted by Gasteiger charge is 2.03. The molecule has 0 saturated heterocycles. The highest BCUT2D eigenvalue weighted by molar-refractivity contribution is 7.09. The Morgan fingerprint density at radius 3 is 2.58 bits per heavy atom. The fraction of sp³-hybridized carbons (Fsp3) is 0.158. The predicted octanol–water partition coefficient (Wildman–Crippen LogP) is 4.74. The molecule has 0 fully saturated rings. The van der Waals surface area contributed by atoms with Crippen LogP contribution in [-0.2, 0) is 6.54 Å². The number of nitrogens with one attached hydrogen (secondary N) is 2. The molecule has 5 heteroatoms. The second-order valence-corrected chi connectivity index (χ2v) is 6.37. The summed E-state index contributed by atoms with van der Waals surface area (Å²) in [5.74, 6) is 0.715. The predicted molar refractivity (Wildman–Crippen MR) is 101 cm³/mol. The number of aromatic nitrogens is 2. The van der Waals surface area contributed by atoms with Gasteiger partial charge in [0.05, 0.1) is 0 Å². The fourth-order valence-corrected chi connectivity index (χ4v) is 2.75. The monoisotopic (exact) mass is 336 g/mol. The number of rotatable bonds is 6. The summed E-state index contributed by atoms with van der Waals surface area (Å²) in [6, 6.07) is 18.5. The van der Waals surface area contributed by atoms with Crippen LogP contribution in [0, 0.1) is 6.92 Å². The number of hydrogen-bond donors (Lipinski definition) is 2. The Kier molecular flexibility index (Phi) is 5.23. The Morgan fingerprint density at radius 2 is 1.83 bits per heavy atom. The molecule has 24 heavy (non-hydrogen) atoms. The molecule has 1 aromatic heterocycles. The van der Waals surface area contributed by atoms with Crippen LogP contribution in [0.2, 0.25) is 0 Å². The van der Waals surface area contributed by atoms with Gasteiger partial charge in [-0.15, -0.1) is 0 Å². The van der Waals surface area contributed by atoms with Gasteiger partial charge in [0.2, 0.25) is 5.13 Å². The molecule has 3 aromatic rings. The van der Waals surface area contributed by atoms with Gasteiger partial charge in [0.15, 0.2) is 5.82 Å². The number of aryl methyl sites for hydroxylation is 1. The fourth-order valence-electron chi connectivity index (χ4n) is 2.18. The minimum Gasteiger partial charge on any atom is -0.384 e. The topological polar surface area (TPSA) is 49.8 Å². The average Bonchev–Trinajstić information content (AvgIpc) is 3.02. The second kappa shape index (κ2) is 7.75. The Bertz CT molecular complexity index is 807. The lowest BCUT2D eigenvalue weighted by atomic mass is 10.1. The maximum absolute atomic E-state index is 4.49. The molecule has 0 bridgehead atoms. The molecule has 3 rings (SSSR count). The zero-order chi connectivity index (χ0) is 16.8. The van der Waals surface area contributed by atoms with Gasteiger partial charge in [-0.1, -0.05) is 48.0 Å². The van der Waals surface area contributed by atoms with Gasteiger partial charge in [-0.05, 0) is 31.5 Å². The van der Waals surface area contributed by atoms with E-state index in [0.717, 1.165) is 23.1 Å². The second-order valence-electron chi connectivity index (χ2n) is 5.62. The largest absolute Gasteiger partial charge is 0.384 e. The molecule has 122 valence electrons. The third-order valence-corrected chi connectivity index (χ3v) is 4.15.